The van der Waals surface area contributed by atoms with Gasteiger partial charge in [0.25, 0.3) is 5.91 Å². The molecule has 0 unspecified atom stereocenters. The SMILES string of the molecule is O=C(C1CC1)N1CC/C(=C/CN2C(=O)C3(CC3)N=C2c2ccc(-c3cccc(OC(F)(F)F)c3)cc2)C1. The minimum Gasteiger partial charge on any atom is -0.406 e. The Hall–Kier alpha value is -3.62. The number of aliphatic imine (C=N–C) groups is 1. The molecular formula is C28H26F3N3O3. The maximum absolute atomic E-state index is 13.2. The highest BCUT2D eigenvalue weighted by molar-refractivity contribution is 6.16. The van der Waals surface area contributed by atoms with Gasteiger partial charge in [0.1, 0.15) is 17.1 Å². The summed E-state index contributed by atoms with van der Waals surface area (Å²) in [5.41, 5.74) is 2.60. The highest BCUT2D eigenvalue weighted by Gasteiger charge is 2.57. The molecule has 2 heterocycles. The maximum Gasteiger partial charge on any atom is 0.573 e. The molecule has 2 aliphatic heterocycles. The average Bonchev–Trinajstić information content (AvgIpc) is 3.79. The second kappa shape index (κ2) is 8.75. The fraction of sp³-hybridized carbons (Fsp3) is 0.393. The van der Waals surface area contributed by atoms with Gasteiger partial charge in [-0.3, -0.25) is 19.5 Å². The van der Waals surface area contributed by atoms with Gasteiger partial charge >= 0.3 is 6.36 Å². The van der Waals surface area contributed by atoms with E-state index < -0.39 is 11.9 Å². The summed E-state index contributed by atoms with van der Waals surface area (Å²) in [6.45, 7) is 1.76. The molecule has 0 bridgehead atoms. The fourth-order valence-electron chi connectivity index (χ4n) is 5.02. The van der Waals surface area contributed by atoms with Crippen LogP contribution in [0.1, 0.15) is 37.7 Å². The molecular weight excluding hydrogens is 483 g/mol. The molecule has 2 amide bonds. The first-order chi connectivity index (χ1) is 17.7. The highest BCUT2D eigenvalue weighted by Crippen LogP contribution is 2.46. The molecule has 9 heteroatoms. The van der Waals surface area contributed by atoms with Gasteiger partial charge < -0.3 is 9.64 Å². The predicted octanol–water partition coefficient (Wildman–Crippen LogP) is 4.94. The van der Waals surface area contributed by atoms with Crippen molar-refractivity contribution < 1.29 is 27.5 Å². The van der Waals surface area contributed by atoms with Crippen molar-refractivity contribution in [1.29, 1.82) is 0 Å². The molecule has 0 radical (unpaired) electrons. The van der Waals surface area contributed by atoms with E-state index in [-0.39, 0.29) is 23.5 Å². The number of nitrogens with zero attached hydrogens (tertiary/aromatic N) is 3. The number of benzene rings is 2. The smallest absolute Gasteiger partial charge is 0.406 e. The summed E-state index contributed by atoms with van der Waals surface area (Å²) in [7, 11) is 0. The van der Waals surface area contributed by atoms with E-state index in [1.54, 1.807) is 11.0 Å². The lowest BCUT2D eigenvalue weighted by Crippen LogP contribution is -2.36. The van der Waals surface area contributed by atoms with Gasteiger partial charge in [-0.2, -0.15) is 0 Å². The first-order valence-corrected chi connectivity index (χ1v) is 12.6. The van der Waals surface area contributed by atoms with Crippen molar-refractivity contribution in [3.8, 4) is 16.9 Å². The van der Waals surface area contributed by atoms with Gasteiger partial charge in [-0.15, -0.1) is 13.2 Å². The molecule has 37 heavy (non-hydrogen) atoms. The fourth-order valence-corrected chi connectivity index (χ4v) is 5.02. The Morgan fingerprint density at radius 1 is 1.08 bits per heavy atom. The van der Waals surface area contributed by atoms with E-state index in [2.05, 4.69) is 10.8 Å². The van der Waals surface area contributed by atoms with Gasteiger partial charge in [0.2, 0.25) is 5.91 Å². The summed E-state index contributed by atoms with van der Waals surface area (Å²) in [5, 5.41) is 0. The quantitative estimate of drug-likeness (QED) is 0.518. The van der Waals surface area contributed by atoms with Crippen LogP contribution in [0.15, 0.2) is 65.2 Å². The molecule has 6 rings (SSSR count). The van der Waals surface area contributed by atoms with Crippen LogP contribution in [0, 0.1) is 5.92 Å². The number of amidine groups is 1. The van der Waals surface area contributed by atoms with Crippen molar-refractivity contribution in [3.05, 3.63) is 65.7 Å². The van der Waals surface area contributed by atoms with E-state index in [9.17, 15) is 22.8 Å². The third-order valence-electron chi connectivity index (χ3n) is 7.38. The van der Waals surface area contributed by atoms with Crippen molar-refractivity contribution in [2.24, 2.45) is 10.9 Å². The van der Waals surface area contributed by atoms with Gasteiger partial charge in [0, 0.05) is 31.1 Å². The lowest BCUT2D eigenvalue weighted by molar-refractivity contribution is -0.274. The Bertz CT molecular complexity index is 1310. The molecule has 4 aliphatic rings. The lowest BCUT2D eigenvalue weighted by Gasteiger charge is -2.18. The first-order valence-electron chi connectivity index (χ1n) is 12.6. The van der Waals surface area contributed by atoms with Gasteiger partial charge in [-0.05, 0) is 55.4 Å². The zero-order valence-corrected chi connectivity index (χ0v) is 20.1. The van der Waals surface area contributed by atoms with Crippen LogP contribution < -0.4 is 4.74 Å². The van der Waals surface area contributed by atoms with E-state index in [1.165, 1.54) is 18.2 Å². The van der Waals surface area contributed by atoms with Crippen LogP contribution in [0.25, 0.3) is 11.1 Å². The summed E-state index contributed by atoms with van der Waals surface area (Å²) in [4.78, 5) is 34.0. The number of halogens is 3. The van der Waals surface area contributed by atoms with Crippen LogP contribution in [0.3, 0.4) is 0 Å². The Morgan fingerprint density at radius 3 is 2.49 bits per heavy atom. The molecule has 192 valence electrons. The molecule has 2 aromatic rings. The standard InChI is InChI=1S/C28H26F3N3O3/c29-28(30,31)37-23-3-1-2-22(16-23)19-4-6-20(7-5-19)24-32-27(12-13-27)26(36)34(24)15-11-18-10-14-33(17-18)25(35)21-8-9-21/h1-7,11,16,21H,8-10,12-15,17H2/b18-11-. The molecule has 6 nitrogen and oxygen atoms in total. The average molecular weight is 510 g/mol. The van der Waals surface area contributed by atoms with Gasteiger partial charge in [-0.25, -0.2) is 0 Å². The zero-order valence-electron chi connectivity index (χ0n) is 20.1. The maximum atomic E-state index is 13.2. The number of rotatable bonds is 6. The molecule has 0 N–H and O–H groups in total. The number of ether oxygens (including phenoxy) is 1. The van der Waals surface area contributed by atoms with Crippen molar-refractivity contribution in [3.63, 3.8) is 0 Å². The topological polar surface area (TPSA) is 62.2 Å². The monoisotopic (exact) mass is 509 g/mol. The predicted molar refractivity (Wildman–Crippen MR) is 131 cm³/mol. The van der Waals surface area contributed by atoms with Gasteiger partial charge in [0.05, 0.1) is 0 Å². The number of hydrogen-bond acceptors (Lipinski definition) is 4. The first kappa shape index (κ1) is 23.8. The minimum absolute atomic E-state index is 0.00402. The van der Waals surface area contributed by atoms with E-state index in [1.807, 2.05) is 29.2 Å². The van der Waals surface area contributed by atoms with Crippen LogP contribution in [-0.2, 0) is 9.59 Å². The zero-order chi connectivity index (χ0) is 25.8. The van der Waals surface area contributed by atoms with Gasteiger partial charge in [0.15, 0.2) is 0 Å². The number of carbonyl (C=O) groups is 2. The van der Waals surface area contributed by atoms with Crippen molar-refractivity contribution >= 4 is 17.6 Å². The van der Waals surface area contributed by atoms with Crippen LogP contribution in [0.2, 0.25) is 0 Å². The Labute approximate surface area is 212 Å². The molecule has 1 spiro atoms. The second-order valence-corrected chi connectivity index (χ2v) is 10.2. The Kier molecular flexibility index (Phi) is 5.62. The van der Waals surface area contributed by atoms with Crippen LogP contribution in [-0.4, -0.2) is 59.0 Å². The molecule has 3 fully saturated rings. The van der Waals surface area contributed by atoms with Crippen molar-refractivity contribution in [2.45, 2.75) is 44.0 Å². The number of alkyl halides is 3. The molecule has 2 saturated carbocycles. The highest BCUT2D eigenvalue weighted by atomic mass is 19.4. The van der Waals surface area contributed by atoms with Crippen LogP contribution >= 0.6 is 0 Å². The number of hydrogen-bond donors (Lipinski definition) is 0. The molecule has 0 aromatic heterocycles. The van der Waals surface area contributed by atoms with E-state index in [0.717, 1.165) is 55.3 Å². The number of carbonyl (C=O) groups excluding carboxylic acids is 2. The van der Waals surface area contributed by atoms with E-state index in [4.69, 9.17) is 4.99 Å². The molecule has 1 saturated heterocycles. The van der Waals surface area contributed by atoms with Crippen LogP contribution in [0.5, 0.6) is 5.75 Å². The molecule has 2 aliphatic carbocycles. The molecule has 0 atom stereocenters. The summed E-state index contributed by atoms with van der Waals surface area (Å²) in [5.74, 6) is 0.790. The van der Waals surface area contributed by atoms with E-state index >= 15 is 0 Å². The largest absolute Gasteiger partial charge is 0.573 e. The summed E-state index contributed by atoms with van der Waals surface area (Å²) in [6, 6.07) is 13.1. The Balaban J connectivity index is 1.19. The van der Waals surface area contributed by atoms with Crippen molar-refractivity contribution in [2.75, 3.05) is 19.6 Å². The second-order valence-electron chi connectivity index (χ2n) is 10.2. The third-order valence-corrected chi connectivity index (χ3v) is 7.38. The normalized spacial score (nSPS) is 21.6. The number of likely N-dealkylation sites (tertiary alicyclic amines) is 1. The molecule has 2 aromatic carbocycles. The summed E-state index contributed by atoms with van der Waals surface area (Å²) in [6.07, 6.45) is 1.57. The summed E-state index contributed by atoms with van der Waals surface area (Å²) < 4.78 is 41.8. The Morgan fingerprint density at radius 2 is 1.81 bits per heavy atom. The number of amides is 2. The third kappa shape index (κ3) is 4.86. The van der Waals surface area contributed by atoms with Gasteiger partial charge in [-0.1, -0.05) is 48.0 Å². The van der Waals surface area contributed by atoms with Crippen molar-refractivity contribution in [1.82, 2.24) is 9.80 Å². The van der Waals surface area contributed by atoms with Crippen LogP contribution in [0.4, 0.5) is 13.2 Å². The minimum atomic E-state index is -4.75. The summed E-state index contributed by atoms with van der Waals surface area (Å²) >= 11 is 0. The lowest BCUT2D eigenvalue weighted by atomic mass is 10.0. The van der Waals surface area contributed by atoms with E-state index in [0.29, 0.717) is 24.5 Å².